The molecule has 1 aromatic heterocycles. The van der Waals surface area contributed by atoms with Gasteiger partial charge in [0.05, 0.1) is 6.54 Å². The van der Waals surface area contributed by atoms with Crippen molar-refractivity contribution in [2.24, 2.45) is 0 Å². The Morgan fingerprint density at radius 2 is 1.59 bits per heavy atom. The van der Waals surface area contributed by atoms with E-state index in [1.165, 1.54) is 16.2 Å². The summed E-state index contributed by atoms with van der Waals surface area (Å²) in [6.45, 7) is 0.145. The van der Waals surface area contributed by atoms with Gasteiger partial charge in [0, 0.05) is 12.3 Å². The number of amides is 1. The van der Waals surface area contributed by atoms with Gasteiger partial charge in [-0.05, 0) is 16.3 Å². The zero-order valence-electron chi connectivity index (χ0n) is 14.4. The van der Waals surface area contributed by atoms with Crippen LogP contribution >= 0.6 is 0 Å². The second-order valence-corrected chi connectivity index (χ2v) is 6.14. The number of carbonyl (C=O) groups is 1. The molecular weight excluding hydrogens is 407 g/mol. The van der Waals surface area contributed by atoms with Gasteiger partial charge in [-0.25, -0.2) is 0 Å². The maximum Gasteiger partial charge on any atom is 0.460 e. The van der Waals surface area contributed by atoms with E-state index in [1.807, 2.05) is 30.3 Å². The van der Waals surface area contributed by atoms with Crippen LogP contribution in [-0.2, 0) is 11.3 Å². The Morgan fingerprint density at radius 1 is 0.931 bits per heavy atom. The van der Waals surface area contributed by atoms with Crippen molar-refractivity contribution >= 4 is 22.5 Å². The van der Waals surface area contributed by atoms with Gasteiger partial charge < -0.3 is 5.32 Å². The fraction of sp³-hybridized carbons (Fsp3) is 0.222. The smallest absolute Gasteiger partial charge is 0.304 e. The standard InChI is InChI=1S/C18H12F7N3O/c19-16(20,17(21,22)18(23,24)25)15(29)26-14-8-9-28(27-14)10-12-6-3-5-11-4-1-2-7-13(11)12/h1-9H,10H2,(H,26,27,29). The van der Waals surface area contributed by atoms with Crippen LogP contribution in [0.25, 0.3) is 10.8 Å². The molecule has 0 aliphatic heterocycles. The highest BCUT2D eigenvalue weighted by molar-refractivity contribution is 5.96. The lowest BCUT2D eigenvalue weighted by molar-refractivity contribution is -0.343. The summed E-state index contributed by atoms with van der Waals surface area (Å²) in [6.07, 6.45) is -5.33. The summed E-state index contributed by atoms with van der Waals surface area (Å²) in [5.74, 6) is -15.9. The number of benzene rings is 2. The van der Waals surface area contributed by atoms with Crippen LogP contribution in [0.1, 0.15) is 5.56 Å². The number of hydrogen-bond acceptors (Lipinski definition) is 2. The highest BCUT2D eigenvalue weighted by Crippen LogP contribution is 2.46. The Kier molecular flexibility index (Phi) is 5.01. The van der Waals surface area contributed by atoms with Crippen LogP contribution in [0.15, 0.2) is 54.7 Å². The van der Waals surface area contributed by atoms with Crippen LogP contribution < -0.4 is 5.32 Å². The molecule has 0 spiro atoms. The molecule has 0 unspecified atom stereocenters. The molecule has 0 saturated heterocycles. The molecule has 4 nitrogen and oxygen atoms in total. The van der Waals surface area contributed by atoms with Crippen molar-refractivity contribution in [2.45, 2.75) is 24.6 Å². The van der Waals surface area contributed by atoms with E-state index in [1.54, 1.807) is 12.1 Å². The third kappa shape index (κ3) is 3.76. The first kappa shape index (κ1) is 20.6. The quantitative estimate of drug-likeness (QED) is 0.601. The highest BCUT2D eigenvalue weighted by atomic mass is 19.4. The normalized spacial score (nSPS) is 12.9. The van der Waals surface area contributed by atoms with E-state index < -0.39 is 29.7 Å². The Hall–Kier alpha value is -3.11. The van der Waals surface area contributed by atoms with Crippen LogP contribution in [0.5, 0.6) is 0 Å². The Morgan fingerprint density at radius 3 is 2.28 bits per heavy atom. The van der Waals surface area contributed by atoms with E-state index in [2.05, 4.69) is 5.10 Å². The molecule has 0 aliphatic carbocycles. The van der Waals surface area contributed by atoms with Crippen LogP contribution in [-0.4, -0.2) is 33.7 Å². The SMILES string of the molecule is O=C(Nc1ccn(Cc2cccc3ccccc23)n1)C(F)(F)C(F)(F)C(F)(F)F. The van der Waals surface area contributed by atoms with Gasteiger partial charge in [-0.1, -0.05) is 42.5 Å². The number of aromatic nitrogens is 2. The third-order valence-electron chi connectivity index (χ3n) is 4.13. The number of rotatable bonds is 5. The van der Waals surface area contributed by atoms with Crippen molar-refractivity contribution in [3.8, 4) is 0 Å². The number of halogens is 7. The van der Waals surface area contributed by atoms with Gasteiger partial charge in [0.2, 0.25) is 0 Å². The minimum Gasteiger partial charge on any atom is -0.304 e. The molecule has 2 aromatic carbocycles. The largest absolute Gasteiger partial charge is 0.460 e. The molecular formula is C18H12F7N3O. The lowest BCUT2D eigenvalue weighted by Crippen LogP contribution is -2.57. The number of fused-ring (bicyclic) bond motifs is 1. The Bertz CT molecular complexity index is 1040. The van der Waals surface area contributed by atoms with Crippen molar-refractivity contribution in [3.05, 3.63) is 60.3 Å². The van der Waals surface area contributed by atoms with Gasteiger partial charge in [-0.2, -0.15) is 35.8 Å². The van der Waals surface area contributed by atoms with Crippen molar-refractivity contribution in [1.29, 1.82) is 0 Å². The molecule has 0 atom stereocenters. The molecule has 0 saturated carbocycles. The van der Waals surface area contributed by atoms with Crippen molar-refractivity contribution < 1.29 is 35.5 Å². The number of alkyl halides is 7. The van der Waals surface area contributed by atoms with E-state index in [9.17, 15) is 35.5 Å². The minimum absolute atomic E-state index is 0.145. The van der Waals surface area contributed by atoms with E-state index in [-0.39, 0.29) is 6.54 Å². The molecule has 0 bridgehead atoms. The lowest BCUT2D eigenvalue weighted by Gasteiger charge is -2.26. The average molecular weight is 419 g/mol. The van der Waals surface area contributed by atoms with Crippen LogP contribution in [0, 0.1) is 0 Å². The summed E-state index contributed by atoms with van der Waals surface area (Å²) in [5.41, 5.74) is 0.790. The molecule has 154 valence electrons. The van der Waals surface area contributed by atoms with E-state index in [4.69, 9.17) is 0 Å². The first-order valence-corrected chi connectivity index (χ1v) is 8.07. The zero-order chi connectivity index (χ0) is 21.4. The number of nitrogens with zero attached hydrogens (tertiary/aromatic N) is 2. The first-order valence-electron chi connectivity index (χ1n) is 8.07. The minimum atomic E-state index is -6.60. The zero-order valence-corrected chi connectivity index (χ0v) is 14.4. The van der Waals surface area contributed by atoms with E-state index in [0.29, 0.717) is 0 Å². The van der Waals surface area contributed by atoms with E-state index in [0.717, 1.165) is 22.4 Å². The van der Waals surface area contributed by atoms with Crippen LogP contribution in [0.4, 0.5) is 36.6 Å². The monoisotopic (exact) mass is 419 g/mol. The topological polar surface area (TPSA) is 46.9 Å². The van der Waals surface area contributed by atoms with Gasteiger partial charge in [0.15, 0.2) is 5.82 Å². The second-order valence-electron chi connectivity index (χ2n) is 6.14. The fourth-order valence-corrected chi connectivity index (χ4v) is 2.64. The van der Waals surface area contributed by atoms with Gasteiger partial charge in [0.25, 0.3) is 0 Å². The summed E-state index contributed by atoms with van der Waals surface area (Å²) in [4.78, 5) is 11.4. The van der Waals surface area contributed by atoms with Gasteiger partial charge in [-0.3, -0.25) is 9.48 Å². The van der Waals surface area contributed by atoms with Gasteiger partial charge in [-0.15, -0.1) is 0 Å². The molecule has 1 amide bonds. The molecule has 3 aromatic rings. The maximum atomic E-state index is 13.4. The molecule has 3 rings (SSSR count). The molecule has 0 fully saturated rings. The molecule has 29 heavy (non-hydrogen) atoms. The lowest BCUT2D eigenvalue weighted by atomic mass is 10.0. The maximum absolute atomic E-state index is 13.4. The molecule has 1 N–H and O–H groups in total. The summed E-state index contributed by atoms with van der Waals surface area (Å²) in [7, 11) is 0. The second kappa shape index (κ2) is 7.05. The first-order chi connectivity index (χ1) is 13.4. The predicted molar refractivity (Wildman–Crippen MR) is 89.9 cm³/mol. The molecule has 11 heteroatoms. The van der Waals surface area contributed by atoms with Crippen molar-refractivity contribution in [1.82, 2.24) is 9.78 Å². The van der Waals surface area contributed by atoms with Crippen LogP contribution in [0.2, 0.25) is 0 Å². The highest BCUT2D eigenvalue weighted by Gasteiger charge is 2.76. The number of hydrogen-bond donors (Lipinski definition) is 1. The van der Waals surface area contributed by atoms with Crippen LogP contribution in [0.3, 0.4) is 0 Å². The van der Waals surface area contributed by atoms with Gasteiger partial charge in [0.1, 0.15) is 0 Å². The Balaban J connectivity index is 1.77. The predicted octanol–water partition coefficient (Wildman–Crippen LogP) is 4.86. The number of nitrogens with one attached hydrogen (secondary N) is 1. The summed E-state index contributed by atoms with van der Waals surface area (Å²) in [5, 5.41) is 6.85. The van der Waals surface area contributed by atoms with E-state index >= 15 is 0 Å². The molecule has 1 heterocycles. The Labute approximate surface area is 158 Å². The molecule has 0 aliphatic rings. The molecule has 0 radical (unpaired) electrons. The summed E-state index contributed by atoms with van der Waals surface area (Å²) >= 11 is 0. The van der Waals surface area contributed by atoms with Crippen molar-refractivity contribution in [2.75, 3.05) is 5.32 Å². The summed E-state index contributed by atoms with van der Waals surface area (Å²) < 4.78 is 90.4. The summed E-state index contributed by atoms with van der Waals surface area (Å²) in [6, 6.07) is 13.8. The number of carbonyl (C=O) groups excluding carboxylic acids is 1. The van der Waals surface area contributed by atoms with Crippen molar-refractivity contribution in [3.63, 3.8) is 0 Å². The van der Waals surface area contributed by atoms with Gasteiger partial charge >= 0.3 is 23.9 Å². The number of anilines is 1. The fourth-order valence-electron chi connectivity index (χ4n) is 2.64. The average Bonchev–Trinajstić information content (AvgIpc) is 3.07. The third-order valence-corrected chi connectivity index (χ3v) is 4.13.